The van der Waals surface area contributed by atoms with Crippen molar-refractivity contribution in [3.05, 3.63) is 0 Å². The molecule has 0 bridgehead atoms. The molecular weight excluding hydrogens is 280 g/mol. The first-order chi connectivity index (χ1) is 10.5. The number of hydrogen-bond acceptors (Lipinski definition) is 4. The molecule has 0 aliphatic heterocycles. The zero-order valence-corrected chi connectivity index (χ0v) is 14.5. The van der Waals surface area contributed by atoms with Crippen LogP contribution in [0.4, 0.5) is 0 Å². The zero-order chi connectivity index (χ0) is 16.4. The lowest BCUT2D eigenvalue weighted by molar-refractivity contribution is -0.144. The molecule has 22 heavy (non-hydrogen) atoms. The van der Waals surface area contributed by atoms with E-state index in [9.17, 15) is 9.59 Å². The third-order valence-corrected chi connectivity index (χ3v) is 4.19. The van der Waals surface area contributed by atoms with Crippen LogP contribution in [0.1, 0.15) is 51.9 Å². The van der Waals surface area contributed by atoms with Crippen LogP contribution < -0.4 is 0 Å². The lowest BCUT2D eigenvalue weighted by atomic mass is 9.88. The standard InChI is InChI=1S/C17H32N2O3/c1-4-22-16(20)11-14-19(13-8-12-18(2)3)17(21)15-9-6-5-7-10-15/h15H,4-14H2,1-3H3. The molecule has 0 N–H and O–H groups in total. The van der Waals surface area contributed by atoms with Crippen LogP contribution in [-0.4, -0.2) is 62.0 Å². The molecular formula is C17H32N2O3. The van der Waals surface area contributed by atoms with Crippen molar-refractivity contribution in [1.82, 2.24) is 9.80 Å². The van der Waals surface area contributed by atoms with Gasteiger partial charge in [0, 0.05) is 19.0 Å². The summed E-state index contributed by atoms with van der Waals surface area (Å²) >= 11 is 0. The van der Waals surface area contributed by atoms with E-state index in [1.54, 1.807) is 6.92 Å². The van der Waals surface area contributed by atoms with Crippen molar-refractivity contribution in [3.8, 4) is 0 Å². The van der Waals surface area contributed by atoms with Crippen molar-refractivity contribution < 1.29 is 14.3 Å². The number of rotatable bonds is 9. The van der Waals surface area contributed by atoms with Gasteiger partial charge in [-0.15, -0.1) is 0 Å². The van der Waals surface area contributed by atoms with Crippen LogP contribution in [0.2, 0.25) is 0 Å². The summed E-state index contributed by atoms with van der Waals surface area (Å²) in [6.07, 6.45) is 6.79. The van der Waals surface area contributed by atoms with E-state index >= 15 is 0 Å². The number of amides is 1. The molecule has 0 atom stereocenters. The molecule has 1 aliphatic carbocycles. The molecule has 0 spiro atoms. The number of esters is 1. The Morgan fingerprint density at radius 1 is 1.05 bits per heavy atom. The van der Waals surface area contributed by atoms with E-state index in [0.717, 1.165) is 45.2 Å². The monoisotopic (exact) mass is 312 g/mol. The van der Waals surface area contributed by atoms with Crippen LogP contribution in [0.5, 0.6) is 0 Å². The molecule has 0 aromatic heterocycles. The molecule has 1 saturated carbocycles. The molecule has 0 heterocycles. The topological polar surface area (TPSA) is 49.9 Å². The third kappa shape index (κ3) is 7.25. The van der Waals surface area contributed by atoms with Gasteiger partial charge in [-0.05, 0) is 46.8 Å². The van der Waals surface area contributed by atoms with Crippen LogP contribution in [-0.2, 0) is 14.3 Å². The Bertz CT molecular complexity index is 339. The van der Waals surface area contributed by atoms with Crippen molar-refractivity contribution in [2.24, 2.45) is 5.92 Å². The average Bonchev–Trinajstić information content (AvgIpc) is 2.51. The SMILES string of the molecule is CCOC(=O)CCN(CCCN(C)C)C(=O)C1CCCCC1. The van der Waals surface area contributed by atoms with Crippen LogP contribution in [0.15, 0.2) is 0 Å². The van der Waals surface area contributed by atoms with Crippen LogP contribution in [0, 0.1) is 5.92 Å². The lowest BCUT2D eigenvalue weighted by Gasteiger charge is -2.29. The first-order valence-corrected chi connectivity index (χ1v) is 8.63. The summed E-state index contributed by atoms with van der Waals surface area (Å²) in [5, 5.41) is 0. The molecule has 0 radical (unpaired) electrons. The molecule has 0 aromatic rings. The van der Waals surface area contributed by atoms with Gasteiger partial charge in [0.1, 0.15) is 0 Å². The van der Waals surface area contributed by atoms with E-state index in [1.807, 2.05) is 19.0 Å². The molecule has 128 valence electrons. The number of nitrogens with zero attached hydrogens (tertiary/aromatic N) is 2. The Balaban J connectivity index is 2.51. The average molecular weight is 312 g/mol. The van der Waals surface area contributed by atoms with Crippen molar-refractivity contribution in [2.75, 3.05) is 40.3 Å². The van der Waals surface area contributed by atoms with Crippen LogP contribution in [0.25, 0.3) is 0 Å². The minimum Gasteiger partial charge on any atom is -0.466 e. The van der Waals surface area contributed by atoms with Gasteiger partial charge in [0.25, 0.3) is 0 Å². The van der Waals surface area contributed by atoms with Gasteiger partial charge in [-0.1, -0.05) is 19.3 Å². The lowest BCUT2D eigenvalue weighted by Crippen LogP contribution is -2.40. The van der Waals surface area contributed by atoms with Gasteiger partial charge in [0.2, 0.25) is 5.91 Å². The van der Waals surface area contributed by atoms with Gasteiger partial charge >= 0.3 is 5.97 Å². The number of carbonyl (C=O) groups is 2. The van der Waals surface area contributed by atoms with Gasteiger partial charge in [0.05, 0.1) is 13.0 Å². The summed E-state index contributed by atoms with van der Waals surface area (Å²) in [5.74, 6) is 0.189. The Labute approximate surface area is 135 Å². The van der Waals surface area contributed by atoms with E-state index < -0.39 is 0 Å². The predicted molar refractivity (Wildman–Crippen MR) is 87.6 cm³/mol. The number of ether oxygens (including phenoxy) is 1. The molecule has 1 aliphatic rings. The molecule has 1 amide bonds. The second kappa shape index (κ2) is 10.6. The fourth-order valence-corrected chi connectivity index (χ4v) is 2.98. The maximum atomic E-state index is 12.7. The predicted octanol–water partition coefficient (Wildman–Crippen LogP) is 2.30. The first kappa shape index (κ1) is 18.9. The second-order valence-corrected chi connectivity index (χ2v) is 6.37. The van der Waals surface area contributed by atoms with E-state index in [-0.39, 0.29) is 17.8 Å². The Hall–Kier alpha value is -1.10. The van der Waals surface area contributed by atoms with Crippen LogP contribution >= 0.6 is 0 Å². The molecule has 0 aromatic carbocycles. The normalized spacial score (nSPS) is 15.8. The largest absolute Gasteiger partial charge is 0.466 e. The summed E-state index contributed by atoms with van der Waals surface area (Å²) in [6, 6.07) is 0. The smallest absolute Gasteiger partial charge is 0.307 e. The van der Waals surface area contributed by atoms with Crippen molar-refractivity contribution in [3.63, 3.8) is 0 Å². The van der Waals surface area contributed by atoms with E-state index in [4.69, 9.17) is 4.74 Å². The molecule has 5 heteroatoms. The highest BCUT2D eigenvalue weighted by molar-refractivity contribution is 5.79. The Morgan fingerprint density at radius 2 is 1.73 bits per heavy atom. The molecule has 0 unspecified atom stereocenters. The summed E-state index contributed by atoms with van der Waals surface area (Å²) in [5.41, 5.74) is 0. The van der Waals surface area contributed by atoms with E-state index in [2.05, 4.69) is 4.90 Å². The Morgan fingerprint density at radius 3 is 2.32 bits per heavy atom. The molecule has 5 nitrogen and oxygen atoms in total. The highest BCUT2D eigenvalue weighted by atomic mass is 16.5. The highest BCUT2D eigenvalue weighted by Crippen LogP contribution is 2.25. The minimum absolute atomic E-state index is 0.162. The number of hydrogen-bond donors (Lipinski definition) is 0. The summed E-state index contributed by atoms with van der Waals surface area (Å²) in [4.78, 5) is 28.3. The summed E-state index contributed by atoms with van der Waals surface area (Å²) in [7, 11) is 4.07. The third-order valence-electron chi connectivity index (χ3n) is 4.19. The van der Waals surface area contributed by atoms with E-state index in [1.165, 1.54) is 6.42 Å². The molecule has 1 fully saturated rings. The first-order valence-electron chi connectivity index (χ1n) is 8.63. The second-order valence-electron chi connectivity index (χ2n) is 6.37. The van der Waals surface area contributed by atoms with Crippen LogP contribution in [0.3, 0.4) is 0 Å². The summed E-state index contributed by atoms with van der Waals surface area (Å²) in [6.45, 7) is 4.37. The number of carbonyl (C=O) groups excluding carboxylic acids is 2. The maximum Gasteiger partial charge on any atom is 0.307 e. The zero-order valence-electron chi connectivity index (χ0n) is 14.5. The van der Waals surface area contributed by atoms with Crippen molar-refractivity contribution in [1.29, 1.82) is 0 Å². The Kier molecular flexibility index (Phi) is 9.13. The van der Waals surface area contributed by atoms with Gasteiger partial charge in [-0.2, -0.15) is 0 Å². The van der Waals surface area contributed by atoms with Gasteiger partial charge in [0.15, 0.2) is 0 Å². The quantitative estimate of drug-likeness (QED) is 0.613. The maximum absolute atomic E-state index is 12.7. The van der Waals surface area contributed by atoms with Crippen molar-refractivity contribution in [2.45, 2.75) is 51.9 Å². The molecule has 0 saturated heterocycles. The van der Waals surface area contributed by atoms with Gasteiger partial charge in [-0.25, -0.2) is 0 Å². The van der Waals surface area contributed by atoms with Gasteiger partial charge in [-0.3, -0.25) is 9.59 Å². The van der Waals surface area contributed by atoms with Crippen molar-refractivity contribution >= 4 is 11.9 Å². The highest BCUT2D eigenvalue weighted by Gasteiger charge is 2.26. The minimum atomic E-state index is -0.212. The fourth-order valence-electron chi connectivity index (χ4n) is 2.98. The fraction of sp³-hybridized carbons (Fsp3) is 0.882. The molecule has 1 rings (SSSR count). The van der Waals surface area contributed by atoms with Gasteiger partial charge < -0.3 is 14.5 Å². The van der Waals surface area contributed by atoms with E-state index in [0.29, 0.717) is 19.6 Å². The summed E-state index contributed by atoms with van der Waals surface area (Å²) < 4.78 is 4.98.